The molecule has 0 radical (unpaired) electrons. The number of hydrogen-bond acceptors (Lipinski definition) is 4. The molecule has 82 valence electrons. The Hall–Kier alpha value is -0.870. The zero-order chi connectivity index (χ0) is 10.7. The Bertz CT molecular complexity index is 337. The number of halogens is 1. The van der Waals surface area contributed by atoms with Crippen molar-refractivity contribution in [2.24, 2.45) is 0 Å². The third kappa shape index (κ3) is 2.38. The molecule has 15 heavy (non-hydrogen) atoms. The summed E-state index contributed by atoms with van der Waals surface area (Å²) in [4.78, 5) is 10.4. The average Bonchev–Trinajstić information content (AvgIpc) is 2.50. The minimum atomic E-state index is 0.533. The molecule has 0 aromatic carbocycles. The molecule has 2 rings (SSSR count). The lowest BCUT2D eigenvalue weighted by molar-refractivity contribution is 0.152. The third-order valence-electron chi connectivity index (χ3n) is 2.52. The molecule has 2 heterocycles. The summed E-state index contributed by atoms with van der Waals surface area (Å²) in [6, 6.07) is 0. The SMILES string of the molecule is Cc1c(Cl)ncnc1N1CCCOCC1. The second kappa shape index (κ2) is 4.77. The molecule has 1 aliphatic rings. The van der Waals surface area contributed by atoms with E-state index in [9.17, 15) is 0 Å². The molecule has 0 aliphatic carbocycles. The van der Waals surface area contributed by atoms with Gasteiger partial charge in [-0.15, -0.1) is 0 Å². The van der Waals surface area contributed by atoms with E-state index in [1.165, 1.54) is 6.33 Å². The summed E-state index contributed by atoms with van der Waals surface area (Å²) in [5, 5.41) is 0.533. The molecule has 1 aliphatic heterocycles. The lowest BCUT2D eigenvalue weighted by Crippen LogP contribution is -2.27. The molecule has 0 atom stereocenters. The number of anilines is 1. The lowest BCUT2D eigenvalue weighted by Gasteiger charge is -2.22. The van der Waals surface area contributed by atoms with Crippen molar-refractivity contribution in [1.82, 2.24) is 9.97 Å². The number of ether oxygens (including phenoxy) is 1. The van der Waals surface area contributed by atoms with Crippen LogP contribution in [-0.2, 0) is 4.74 Å². The Morgan fingerprint density at radius 2 is 2.20 bits per heavy atom. The number of aromatic nitrogens is 2. The van der Waals surface area contributed by atoms with Gasteiger partial charge in [-0.2, -0.15) is 0 Å². The maximum atomic E-state index is 5.96. The topological polar surface area (TPSA) is 38.2 Å². The van der Waals surface area contributed by atoms with Gasteiger partial charge in [0.2, 0.25) is 0 Å². The summed E-state index contributed by atoms with van der Waals surface area (Å²) >= 11 is 5.96. The Morgan fingerprint density at radius 3 is 3.07 bits per heavy atom. The first kappa shape index (κ1) is 10.6. The van der Waals surface area contributed by atoms with Crippen LogP contribution in [0.5, 0.6) is 0 Å². The van der Waals surface area contributed by atoms with Gasteiger partial charge in [0, 0.05) is 25.3 Å². The molecule has 0 spiro atoms. The first-order valence-corrected chi connectivity index (χ1v) is 5.46. The van der Waals surface area contributed by atoms with Crippen molar-refractivity contribution in [2.45, 2.75) is 13.3 Å². The largest absolute Gasteiger partial charge is 0.380 e. The van der Waals surface area contributed by atoms with Gasteiger partial charge in [-0.1, -0.05) is 11.6 Å². The van der Waals surface area contributed by atoms with Crippen molar-refractivity contribution in [3.63, 3.8) is 0 Å². The van der Waals surface area contributed by atoms with Crippen molar-refractivity contribution in [2.75, 3.05) is 31.2 Å². The average molecular weight is 228 g/mol. The molecular formula is C10H14ClN3O. The molecule has 1 fully saturated rings. The maximum absolute atomic E-state index is 5.96. The van der Waals surface area contributed by atoms with Crippen LogP contribution in [0.3, 0.4) is 0 Å². The Labute approximate surface area is 94.2 Å². The van der Waals surface area contributed by atoms with E-state index in [4.69, 9.17) is 16.3 Å². The van der Waals surface area contributed by atoms with E-state index in [-0.39, 0.29) is 0 Å². The summed E-state index contributed by atoms with van der Waals surface area (Å²) in [6.07, 6.45) is 2.54. The van der Waals surface area contributed by atoms with Gasteiger partial charge in [-0.3, -0.25) is 0 Å². The van der Waals surface area contributed by atoms with Gasteiger partial charge in [-0.05, 0) is 13.3 Å². The minimum Gasteiger partial charge on any atom is -0.380 e. The standard InChI is InChI=1S/C10H14ClN3O/c1-8-9(11)12-7-13-10(8)14-3-2-5-15-6-4-14/h7H,2-6H2,1H3. The fourth-order valence-electron chi connectivity index (χ4n) is 1.70. The van der Waals surface area contributed by atoms with Gasteiger partial charge in [-0.25, -0.2) is 9.97 Å². The summed E-state index contributed by atoms with van der Waals surface area (Å²) in [6.45, 7) is 5.36. The van der Waals surface area contributed by atoms with Crippen molar-refractivity contribution in [1.29, 1.82) is 0 Å². The lowest BCUT2D eigenvalue weighted by atomic mass is 10.3. The van der Waals surface area contributed by atoms with Crippen LogP contribution in [-0.4, -0.2) is 36.3 Å². The summed E-state index contributed by atoms with van der Waals surface area (Å²) in [5.74, 6) is 0.931. The zero-order valence-corrected chi connectivity index (χ0v) is 9.50. The van der Waals surface area contributed by atoms with Gasteiger partial charge in [0.25, 0.3) is 0 Å². The van der Waals surface area contributed by atoms with E-state index < -0.39 is 0 Å². The van der Waals surface area contributed by atoms with Crippen molar-refractivity contribution < 1.29 is 4.74 Å². The number of nitrogens with zero attached hydrogens (tertiary/aromatic N) is 3. The van der Waals surface area contributed by atoms with Crippen LogP contribution in [0.2, 0.25) is 5.15 Å². The van der Waals surface area contributed by atoms with Crippen molar-refractivity contribution in [3.8, 4) is 0 Å². The molecule has 0 N–H and O–H groups in total. The predicted octanol–water partition coefficient (Wildman–Crippen LogP) is 1.67. The van der Waals surface area contributed by atoms with Crippen LogP contribution < -0.4 is 4.90 Å². The highest BCUT2D eigenvalue weighted by Crippen LogP contribution is 2.22. The van der Waals surface area contributed by atoms with Crippen LogP contribution in [0, 0.1) is 6.92 Å². The van der Waals surface area contributed by atoms with E-state index >= 15 is 0 Å². The molecular weight excluding hydrogens is 214 g/mol. The normalized spacial score (nSPS) is 17.6. The highest BCUT2D eigenvalue weighted by molar-refractivity contribution is 6.30. The Kier molecular flexibility index (Phi) is 3.38. The van der Waals surface area contributed by atoms with Crippen LogP contribution in [0.4, 0.5) is 5.82 Å². The third-order valence-corrected chi connectivity index (χ3v) is 2.90. The van der Waals surface area contributed by atoms with E-state index in [1.807, 2.05) is 6.92 Å². The van der Waals surface area contributed by atoms with Crippen LogP contribution >= 0.6 is 11.6 Å². The van der Waals surface area contributed by atoms with Gasteiger partial charge in [0.1, 0.15) is 17.3 Å². The molecule has 5 heteroatoms. The fraction of sp³-hybridized carbons (Fsp3) is 0.600. The van der Waals surface area contributed by atoms with Crippen molar-refractivity contribution >= 4 is 17.4 Å². The van der Waals surface area contributed by atoms with E-state index in [1.54, 1.807) is 0 Å². The van der Waals surface area contributed by atoms with Gasteiger partial charge < -0.3 is 9.64 Å². The molecule has 1 aromatic rings. The fourth-order valence-corrected chi connectivity index (χ4v) is 1.83. The van der Waals surface area contributed by atoms with E-state index in [0.29, 0.717) is 5.15 Å². The maximum Gasteiger partial charge on any atom is 0.137 e. The Balaban J connectivity index is 2.23. The molecule has 1 aromatic heterocycles. The second-order valence-corrected chi connectivity index (χ2v) is 3.92. The van der Waals surface area contributed by atoms with E-state index in [2.05, 4.69) is 14.9 Å². The highest BCUT2D eigenvalue weighted by atomic mass is 35.5. The summed E-state index contributed by atoms with van der Waals surface area (Å²) in [7, 11) is 0. The zero-order valence-electron chi connectivity index (χ0n) is 8.74. The first-order valence-electron chi connectivity index (χ1n) is 5.09. The second-order valence-electron chi connectivity index (χ2n) is 3.57. The Morgan fingerprint density at radius 1 is 1.33 bits per heavy atom. The summed E-state index contributed by atoms with van der Waals surface area (Å²) < 4.78 is 5.40. The highest BCUT2D eigenvalue weighted by Gasteiger charge is 2.14. The van der Waals surface area contributed by atoms with Gasteiger partial charge in [0.15, 0.2) is 0 Å². The van der Waals surface area contributed by atoms with Crippen molar-refractivity contribution in [3.05, 3.63) is 17.0 Å². The monoisotopic (exact) mass is 227 g/mol. The number of hydrogen-bond donors (Lipinski definition) is 0. The van der Waals surface area contributed by atoms with Gasteiger partial charge >= 0.3 is 0 Å². The van der Waals surface area contributed by atoms with Crippen LogP contribution in [0.15, 0.2) is 6.33 Å². The predicted molar refractivity (Wildman–Crippen MR) is 59.4 cm³/mol. The molecule has 0 unspecified atom stereocenters. The van der Waals surface area contributed by atoms with Gasteiger partial charge in [0.05, 0.1) is 6.61 Å². The quantitative estimate of drug-likeness (QED) is 0.684. The van der Waals surface area contributed by atoms with E-state index in [0.717, 1.165) is 44.1 Å². The minimum absolute atomic E-state index is 0.533. The molecule has 0 bridgehead atoms. The molecule has 1 saturated heterocycles. The first-order chi connectivity index (χ1) is 7.29. The van der Waals surface area contributed by atoms with Crippen LogP contribution in [0.25, 0.3) is 0 Å². The summed E-state index contributed by atoms with van der Waals surface area (Å²) in [5.41, 5.74) is 0.945. The number of rotatable bonds is 1. The molecule has 0 saturated carbocycles. The molecule has 4 nitrogen and oxygen atoms in total. The van der Waals surface area contributed by atoms with Crippen LogP contribution in [0.1, 0.15) is 12.0 Å². The molecule has 0 amide bonds. The smallest absolute Gasteiger partial charge is 0.137 e.